The van der Waals surface area contributed by atoms with E-state index in [2.05, 4.69) is 47.1 Å². The Morgan fingerprint density at radius 1 is 0.586 bits per heavy atom. The van der Waals surface area contributed by atoms with Crippen molar-refractivity contribution in [1.29, 1.82) is 0 Å². The SMILES string of the molecule is CC1(C)CN(C(=O)C2CCC(C(=O)NCCOCCOCCOCCOCCOCCOCCn3cc(CCC(=O)NCC[C@H](NC(=O)[C@H](Cc4ccc(F)c(F)c4)NC(=O)Nc4ccc5c(CN6CCCC6)nn(Cc6c(Cl)cccc6Cl)c5c4)C(=O)NCc4ccccc4)nn3)CC2)CCN1C(=O)c1cn2nc(-c3ccc(F)cc3)cc(-c3ccc(F)cc3)c2n1. The van der Waals surface area contributed by atoms with Gasteiger partial charge < -0.3 is 70.1 Å². The van der Waals surface area contributed by atoms with E-state index < -0.39 is 58.7 Å². The van der Waals surface area contributed by atoms with Crippen LogP contribution in [0.4, 0.5) is 28.0 Å². The predicted octanol–water partition coefficient (Wildman–Crippen LogP) is 11.0. The van der Waals surface area contributed by atoms with Crippen LogP contribution < -0.4 is 31.9 Å². The lowest BCUT2D eigenvalue weighted by atomic mass is 9.80. The number of carbonyl (C=O) groups is 7. The molecule has 6 heterocycles. The van der Waals surface area contributed by atoms with Gasteiger partial charge in [-0.15, -0.1) is 5.10 Å². The van der Waals surface area contributed by atoms with Crippen molar-refractivity contribution in [2.24, 2.45) is 11.8 Å². The molecule has 128 heavy (non-hydrogen) atoms. The summed E-state index contributed by atoms with van der Waals surface area (Å²) < 4.78 is 95.6. The fraction of sp³-hybridized carbons (Fsp3) is 0.435. The first-order valence-corrected chi connectivity index (χ1v) is 44.0. The number of benzene rings is 6. The summed E-state index contributed by atoms with van der Waals surface area (Å²) in [6.45, 7) is 12.6. The Morgan fingerprint density at radius 3 is 1.90 bits per heavy atom. The maximum atomic E-state index is 14.7. The van der Waals surface area contributed by atoms with Crippen molar-refractivity contribution < 1.29 is 79.5 Å². The highest BCUT2D eigenvalue weighted by molar-refractivity contribution is 6.36. The molecule has 680 valence electrons. The molecule has 0 bridgehead atoms. The van der Waals surface area contributed by atoms with Gasteiger partial charge in [0.25, 0.3) is 5.91 Å². The molecule has 10 aromatic rings. The van der Waals surface area contributed by atoms with Gasteiger partial charge in [-0.25, -0.2) is 36.5 Å². The van der Waals surface area contributed by atoms with Crippen molar-refractivity contribution in [3.63, 3.8) is 0 Å². The highest BCUT2D eigenvalue weighted by Crippen LogP contribution is 2.36. The third-order valence-corrected chi connectivity index (χ3v) is 23.4. The molecular formula is C92H107Cl2F4N17O13. The predicted molar refractivity (Wildman–Crippen MR) is 471 cm³/mol. The maximum absolute atomic E-state index is 14.7. The van der Waals surface area contributed by atoms with Crippen LogP contribution in [0.3, 0.4) is 0 Å². The number of hydrogen-bond donors (Lipinski definition) is 6. The lowest BCUT2D eigenvalue weighted by Crippen LogP contribution is -2.62. The summed E-state index contributed by atoms with van der Waals surface area (Å²) in [5.41, 5.74) is 6.27. The van der Waals surface area contributed by atoms with Crippen LogP contribution in [-0.2, 0) is 91.4 Å². The number of anilines is 1. The number of aryl methyl sites for hydroxylation is 1. The van der Waals surface area contributed by atoms with E-state index in [4.69, 9.17) is 66.8 Å². The molecule has 6 aromatic carbocycles. The first kappa shape index (κ1) is 94.3. The molecule has 2 atom stereocenters. The minimum atomic E-state index is -1.43. The molecule has 36 heteroatoms. The van der Waals surface area contributed by atoms with Gasteiger partial charge in [-0.2, -0.15) is 10.2 Å². The van der Waals surface area contributed by atoms with E-state index in [1.807, 2.05) is 55.1 Å². The number of nitrogens with one attached hydrogen (secondary N) is 6. The van der Waals surface area contributed by atoms with Crippen molar-refractivity contribution in [3.8, 4) is 22.4 Å². The number of carbonyl (C=O) groups excluding carboxylic acids is 7. The van der Waals surface area contributed by atoms with Gasteiger partial charge in [-0.05, 0) is 174 Å². The van der Waals surface area contributed by atoms with Crippen LogP contribution in [0.25, 0.3) is 38.9 Å². The van der Waals surface area contributed by atoms with E-state index in [1.54, 1.807) is 87.3 Å². The van der Waals surface area contributed by atoms with Gasteiger partial charge in [-0.3, -0.25) is 38.3 Å². The van der Waals surface area contributed by atoms with Gasteiger partial charge >= 0.3 is 6.03 Å². The number of fused-ring (bicyclic) bond motifs is 2. The number of halogens is 6. The molecule has 0 radical (unpaired) electrons. The molecule has 2 saturated heterocycles. The second kappa shape index (κ2) is 46.6. The number of aromatic nitrogens is 8. The zero-order valence-corrected chi connectivity index (χ0v) is 73.1. The molecule has 1 saturated carbocycles. The molecule has 3 fully saturated rings. The Balaban J connectivity index is 0.451. The first-order chi connectivity index (χ1) is 62.0. The molecule has 0 unspecified atom stereocenters. The minimum Gasteiger partial charge on any atom is -0.377 e. The van der Waals surface area contributed by atoms with Crippen molar-refractivity contribution >= 4 is 86.9 Å². The number of urea groups is 1. The highest BCUT2D eigenvalue weighted by Gasteiger charge is 2.42. The van der Waals surface area contributed by atoms with Gasteiger partial charge in [-0.1, -0.05) is 83.0 Å². The van der Waals surface area contributed by atoms with Crippen molar-refractivity contribution in [2.45, 2.75) is 122 Å². The largest absolute Gasteiger partial charge is 0.377 e. The van der Waals surface area contributed by atoms with E-state index in [0.29, 0.717) is 198 Å². The molecule has 3 aliphatic rings. The standard InChI is InChI=1S/C92H107Cl2F4N17O13/c1-92(2)60-111(36-37-113(92)90(121)82-59-115-85(103-82)72(63-18-22-67(95)23-19-63)54-79(107-115)64-20-24-68(96)25-21-64)89(120)66-16-14-65(15-17-66)86(117)100-33-39-123-41-43-125-45-47-127-49-50-128-48-46-126-44-42-124-40-38-112-56-70(106-109-112)27-30-84(116)99-32-31-78(87(118)101-55-61-9-4-3-5-10-61)104-88(119)80(52-62-13-29-76(97)77(98)51-62)105-91(122)102-69-26-28-71-81(58-110-34-6-7-35-110)108-114(83(71)53-69)57-73-74(93)11-8-12-75(73)94/h3-5,8-13,18-26,28-29,51,53-54,56,59,65-66,78,80H,6-7,14-17,27,30-50,52,55,57-58,60H2,1-2H3,(H,99,116)(H,100,117)(H,101,118)(H,104,119)(H2,102,105,122)/t65?,66?,78-,80-/m0/s1. The summed E-state index contributed by atoms with van der Waals surface area (Å²) in [5.74, 6) is -5.61. The van der Waals surface area contributed by atoms with E-state index in [1.165, 1.54) is 34.8 Å². The van der Waals surface area contributed by atoms with Gasteiger partial charge in [0, 0.05) is 121 Å². The van der Waals surface area contributed by atoms with Crippen LogP contribution in [0.2, 0.25) is 10.0 Å². The minimum absolute atomic E-state index is 0.0214. The van der Waals surface area contributed by atoms with E-state index >= 15 is 0 Å². The maximum Gasteiger partial charge on any atom is 0.319 e. The lowest BCUT2D eigenvalue weighted by Gasteiger charge is -2.47. The fourth-order valence-corrected chi connectivity index (χ4v) is 16.3. The van der Waals surface area contributed by atoms with Crippen LogP contribution in [0.15, 0.2) is 152 Å². The normalized spacial score (nSPS) is 15.7. The van der Waals surface area contributed by atoms with Gasteiger partial charge in [0.1, 0.15) is 29.4 Å². The van der Waals surface area contributed by atoms with Crippen molar-refractivity contribution in [3.05, 3.63) is 219 Å². The molecular weight excluding hydrogens is 1700 g/mol. The number of imidazole rings is 1. The van der Waals surface area contributed by atoms with Gasteiger partial charge in [0.2, 0.25) is 29.5 Å². The Morgan fingerprint density at radius 2 is 1.23 bits per heavy atom. The average Bonchev–Trinajstić information content (AvgIpc) is 1.47. The number of rotatable bonds is 45. The number of nitrogens with zero attached hydrogens (tertiary/aromatic N) is 11. The molecule has 8 amide bonds. The van der Waals surface area contributed by atoms with E-state index in [0.717, 1.165) is 54.7 Å². The van der Waals surface area contributed by atoms with Gasteiger partial charge in [0.05, 0.1) is 127 Å². The zero-order valence-electron chi connectivity index (χ0n) is 71.6. The summed E-state index contributed by atoms with van der Waals surface area (Å²) in [5, 5.41) is 36.8. The molecule has 1 aliphatic carbocycles. The van der Waals surface area contributed by atoms with Crippen molar-refractivity contribution in [2.75, 3.05) is 130 Å². The number of ether oxygens (including phenoxy) is 6. The zero-order chi connectivity index (χ0) is 89.9. The van der Waals surface area contributed by atoms with Crippen LogP contribution >= 0.6 is 23.2 Å². The Kier molecular flexibility index (Phi) is 34.3. The first-order valence-electron chi connectivity index (χ1n) is 43.3. The molecule has 13 rings (SSSR count). The smallest absolute Gasteiger partial charge is 0.319 e. The van der Waals surface area contributed by atoms with Crippen molar-refractivity contribution in [1.82, 2.24) is 80.7 Å². The molecule has 30 nitrogen and oxygen atoms in total. The number of likely N-dealkylation sites (tertiary alicyclic amines) is 1. The van der Waals surface area contributed by atoms with Crippen LogP contribution in [0, 0.1) is 35.1 Å². The molecule has 2 aliphatic heterocycles. The topological polar surface area (TPSA) is 335 Å². The van der Waals surface area contributed by atoms with Crippen LogP contribution in [0.1, 0.15) is 104 Å². The summed E-state index contributed by atoms with van der Waals surface area (Å²) in [6, 6.07) is 33.0. The number of amides is 8. The second-order valence-corrected chi connectivity index (χ2v) is 33.2. The molecule has 4 aromatic heterocycles. The summed E-state index contributed by atoms with van der Waals surface area (Å²) in [6.07, 6.45) is 7.69. The van der Waals surface area contributed by atoms with Crippen LogP contribution in [-0.4, -0.2) is 238 Å². The van der Waals surface area contributed by atoms with Crippen LogP contribution in [0.5, 0.6) is 0 Å². The second-order valence-electron chi connectivity index (χ2n) is 32.4. The summed E-state index contributed by atoms with van der Waals surface area (Å²) in [7, 11) is 0. The fourth-order valence-electron chi connectivity index (χ4n) is 15.8. The summed E-state index contributed by atoms with van der Waals surface area (Å²) in [4.78, 5) is 108. The monoisotopic (exact) mass is 1800 g/mol. The van der Waals surface area contributed by atoms with E-state index in [-0.39, 0.29) is 98.6 Å². The molecule has 0 spiro atoms. The average molecular weight is 1810 g/mol. The Hall–Kier alpha value is -11.3. The third-order valence-electron chi connectivity index (χ3n) is 22.7. The summed E-state index contributed by atoms with van der Waals surface area (Å²) >= 11 is 13.3. The molecule has 6 N–H and O–H groups in total. The van der Waals surface area contributed by atoms with E-state index in [9.17, 15) is 51.1 Å². The quantitative estimate of drug-likeness (QED) is 0.0153. The number of piperazine rings is 1. The lowest BCUT2D eigenvalue weighted by molar-refractivity contribution is -0.142. The number of hydrogen-bond acceptors (Lipinski definition) is 19. The third kappa shape index (κ3) is 26.9. The Bertz CT molecular complexity index is 5390. The Labute approximate surface area is 748 Å². The van der Waals surface area contributed by atoms with Gasteiger partial charge in [0.15, 0.2) is 17.3 Å². The highest BCUT2D eigenvalue weighted by atomic mass is 35.5.